The van der Waals surface area contributed by atoms with Gasteiger partial charge in [0.1, 0.15) is 0 Å². The van der Waals surface area contributed by atoms with Crippen LogP contribution in [0.15, 0.2) is 29.2 Å². The van der Waals surface area contributed by atoms with E-state index >= 15 is 0 Å². The molecule has 1 rings (SSSR count). The highest BCUT2D eigenvalue weighted by molar-refractivity contribution is 7.99. The molecule has 1 aromatic rings. The Hall–Kier alpha value is -0.220. The molecule has 0 aliphatic heterocycles. The number of benzene rings is 1. The Bertz CT molecular complexity index is 292. The van der Waals surface area contributed by atoms with Crippen LogP contribution in [0.2, 0.25) is 5.02 Å². The normalized spacial score (nSPS) is 12.7. The van der Waals surface area contributed by atoms with E-state index in [1.54, 1.807) is 11.8 Å². The Balaban J connectivity index is 2.20. The van der Waals surface area contributed by atoms with Crippen LogP contribution in [0.5, 0.6) is 0 Å². The van der Waals surface area contributed by atoms with Crippen molar-refractivity contribution in [3.05, 3.63) is 29.3 Å². The minimum absolute atomic E-state index is 0.299. The molecule has 1 aromatic carbocycles. The molecule has 16 heavy (non-hydrogen) atoms. The van der Waals surface area contributed by atoms with Crippen LogP contribution in [0, 0.1) is 0 Å². The smallest absolute Gasteiger partial charge is 0.0758 e. The summed E-state index contributed by atoms with van der Waals surface area (Å²) >= 11 is 7.44. The van der Waals surface area contributed by atoms with E-state index in [1.807, 2.05) is 24.3 Å². The predicted molar refractivity (Wildman–Crippen MR) is 71.3 cm³/mol. The maximum atomic E-state index is 9.68. The molecular formula is C12H18ClNOS. The lowest BCUT2D eigenvalue weighted by Gasteiger charge is -2.10. The summed E-state index contributed by atoms with van der Waals surface area (Å²) in [6, 6.07) is 7.68. The lowest BCUT2D eigenvalue weighted by molar-refractivity contribution is 0.196. The van der Waals surface area contributed by atoms with E-state index in [1.165, 1.54) is 0 Å². The van der Waals surface area contributed by atoms with Crippen LogP contribution in [-0.2, 0) is 0 Å². The zero-order valence-electron chi connectivity index (χ0n) is 9.45. The largest absolute Gasteiger partial charge is 0.391 e. The highest BCUT2D eigenvalue weighted by atomic mass is 35.5. The molecule has 0 aromatic heterocycles. The van der Waals surface area contributed by atoms with Crippen molar-refractivity contribution < 1.29 is 5.11 Å². The second kappa shape index (κ2) is 7.96. The Labute approximate surface area is 106 Å². The van der Waals surface area contributed by atoms with E-state index < -0.39 is 0 Å². The number of nitrogens with one attached hydrogen (secondary N) is 1. The number of hydrogen-bond donors (Lipinski definition) is 2. The minimum Gasteiger partial charge on any atom is -0.391 e. The highest BCUT2D eigenvalue weighted by Gasteiger charge is 2.04. The molecular weight excluding hydrogens is 242 g/mol. The monoisotopic (exact) mass is 259 g/mol. The van der Waals surface area contributed by atoms with Gasteiger partial charge in [-0.2, -0.15) is 0 Å². The fourth-order valence-corrected chi connectivity index (χ4v) is 2.18. The third-order valence-corrected chi connectivity index (χ3v) is 3.47. The third-order valence-electron chi connectivity index (χ3n) is 2.06. The second-order valence-corrected chi connectivity index (χ2v) is 5.15. The molecule has 1 atom stereocenters. The summed E-state index contributed by atoms with van der Waals surface area (Å²) < 4.78 is 0. The van der Waals surface area contributed by atoms with Gasteiger partial charge in [-0.15, -0.1) is 11.8 Å². The Morgan fingerprint density at radius 3 is 2.69 bits per heavy atom. The second-order valence-electron chi connectivity index (χ2n) is 3.62. The molecule has 2 nitrogen and oxygen atoms in total. The van der Waals surface area contributed by atoms with Gasteiger partial charge in [-0.3, -0.25) is 0 Å². The molecule has 0 amide bonds. The molecule has 0 spiro atoms. The molecule has 0 aliphatic carbocycles. The third kappa shape index (κ3) is 5.75. The fraction of sp³-hybridized carbons (Fsp3) is 0.500. The van der Waals surface area contributed by atoms with Gasteiger partial charge in [0, 0.05) is 22.2 Å². The van der Waals surface area contributed by atoms with Crippen molar-refractivity contribution in [1.82, 2.24) is 5.32 Å². The minimum atomic E-state index is -0.299. The molecule has 0 heterocycles. The summed E-state index contributed by atoms with van der Waals surface area (Å²) in [6.07, 6.45) is 0.795. The topological polar surface area (TPSA) is 32.3 Å². The van der Waals surface area contributed by atoms with Crippen molar-refractivity contribution in [1.29, 1.82) is 0 Å². The van der Waals surface area contributed by atoms with Crippen molar-refractivity contribution in [2.45, 2.75) is 24.3 Å². The lowest BCUT2D eigenvalue weighted by atomic mass is 10.4. The number of rotatable bonds is 7. The number of aliphatic hydroxyl groups excluding tert-OH is 1. The average molecular weight is 260 g/mol. The fourth-order valence-electron chi connectivity index (χ4n) is 1.23. The summed E-state index contributed by atoms with van der Waals surface area (Å²) in [4.78, 5) is 1.14. The first kappa shape index (κ1) is 13.8. The summed E-state index contributed by atoms with van der Waals surface area (Å²) in [5, 5.41) is 13.6. The van der Waals surface area contributed by atoms with E-state index in [4.69, 9.17) is 11.6 Å². The van der Waals surface area contributed by atoms with Crippen LogP contribution >= 0.6 is 23.4 Å². The van der Waals surface area contributed by atoms with E-state index in [0.717, 1.165) is 22.9 Å². The van der Waals surface area contributed by atoms with Gasteiger partial charge in [-0.1, -0.05) is 18.5 Å². The van der Waals surface area contributed by atoms with Crippen molar-refractivity contribution in [3.8, 4) is 0 Å². The summed E-state index contributed by atoms with van der Waals surface area (Å²) in [7, 11) is 0. The van der Waals surface area contributed by atoms with Gasteiger partial charge in [0.15, 0.2) is 0 Å². The van der Waals surface area contributed by atoms with Crippen LogP contribution in [0.25, 0.3) is 0 Å². The van der Waals surface area contributed by atoms with Gasteiger partial charge in [0.25, 0.3) is 0 Å². The maximum absolute atomic E-state index is 9.68. The van der Waals surface area contributed by atoms with Crippen molar-refractivity contribution in [3.63, 3.8) is 0 Å². The van der Waals surface area contributed by atoms with E-state index in [9.17, 15) is 5.11 Å². The zero-order chi connectivity index (χ0) is 11.8. The van der Waals surface area contributed by atoms with Crippen LogP contribution in [0.4, 0.5) is 0 Å². The average Bonchev–Trinajstić information content (AvgIpc) is 2.29. The van der Waals surface area contributed by atoms with E-state index in [0.29, 0.717) is 12.3 Å². The highest BCUT2D eigenvalue weighted by Crippen LogP contribution is 2.20. The molecule has 0 radical (unpaired) electrons. The van der Waals surface area contributed by atoms with Gasteiger partial charge < -0.3 is 10.4 Å². The first-order valence-corrected chi connectivity index (χ1v) is 6.86. The summed E-state index contributed by atoms with van der Waals surface area (Å²) in [5.74, 6) is 0.707. The number of thioether (sulfide) groups is 1. The lowest BCUT2D eigenvalue weighted by Crippen LogP contribution is -2.28. The first-order valence-electron chi connectivity index (χ1n) is 5.49. The first-order chi connectivity index (χ1) is 7.72. The van der Waals surface area contributed by atoms with Gasteiger partial charge in [0.05, 0.1) is 6.10 Å². The van der Waals surface area contributed by atoms with Gasteiger partial charge in [-0.25, -0.2) is 0 Å². The standard InChI is InChI=1S/C12H18ClNOS/c1-2-7-14-8-11(15)9-16-12-5-3-10(13)4-6-12/h3-6,11,14-15H,2,7-9H2,1H3. The molecule has 90 valence electrons. The van der Waals surface area contributed by atoms with Crippen LogP contribution in [-0.4, -0.2) is 30.1 Å². The van der Waals surface area contributed by atoms with Gasteiger partial charge in [0.2, 0.25) is 0 Å². The molecule has 0 bridgehead atoms. The van der Waals surface area contributed by atoms with Crippen molar-refractivity contribution in [2.24, 2.45) is 0 Å². The predicted octanol–water partition coefficient (Wildman–Crippen LogP) is 2.79. The molecule has 0 fully saturated rings. The van der Waals surface area contributed by atoms with Gasteiger partial charge in [-0.05, 0) is 37.2 Å². The van der Waals surface area contributed by atoms with Gasteiger partial charge >= 0.3 is 0 Å². The molecule has 0 aliphatic rings. The van der Waals surface area contributed by atoms with Crippen molar-refractivity contribution >= 4 is 23.4 Å². The maximum Gasteiger partial charge on any atom is 0.0758 e. The van der Waals surface area contributed by atoms with Crippen LogP contribution < -0.4 is 5.32 Å². The molecule has 2 N–H and O–H groups in total. The van der Waals surface area contributed by atoms with Crippen LogP contribution in [0.3, 0.4) is 0 Å². The summed E-state index contributed by atoms with van der Waals surface area (Å²) in [6.45, 7) is 3.74. The molecule has 1 unspecified atom stereocenters. The Kier molecular flexibility index (Phi) is 6.88. The molecule has 0 saturated carbocycles. The van der Waals surface area contributed by atoms with Crippen LogP contribution in [0.1, 0.15) is 13.3 Å². The quantitative estimate of drug-likeness (QED) is 0.583. The SMILES string of the molecule is CCCNCC(O)CSc1ccc(Cl)cc1. The number of hydrogen-bond acceptors (Lipinski definition) is 3. The van der Waals surface area contributed by atoms with E-state index in [-0.39, 0.29) is 6.10 Å². The molecule has 0 saturated heterocycles. The number of aliphatic hydroxyl groups is 1. The Morgan fingerprint density at radius 2 is 2.06 bits per heavy atom. The van der Waals surface area contributed by atoms with E-state index in [2.05, 4.69) is 12.2 Å². The summed E-state index contributed by atoms with van der Waals surface area (Å²) in [5.41, 5.74) is 0. The zero-order valence-corrected chi connectivity index (χ0v) is 11.0. The number of halogens is 1. The molecule has 4 heteroatoms. The Morgan fingerprint density at radius 1 is 1.38 bits per heavy atom. The van der Waals surface area contributed by atoms with Crippen molar-refractivity contribution in [2.75, 3.05) is 18.8 Å².